The molecule has 0 aliphatic heterocycles. The van der Waals surface area contributed by atoms with E-state index in [4.69, 9.17) is 14.9 Å². The van der Waals surface area contributed by atoms with Crippen LogP contribution < -0.4 is 0 Å². The summed E-state index contributed by atoms with van der Waals surface area (Å²) in [6.45, 7) is 14.4. The van der Waals surface area contributed by atoms with Crippen molar-refractivity contribution in [2.75, 3.05) is 0 Å². The Hall–Kier alpha value is -2.37. The van der Waals surface area contributed by atoms with E-state index >= 15 is 0 Å². The summed E-state index contributed by atoms with van der Waals surface area (Å²) in [6.07, 6.45) is 5.87. The molecule has 1 saturated carbocycles. The van der Waals surface area contributed by atoms with Crippen molar-refractivity contribution in [3.8, 4) is 0 Å². The molecular weight excluding hydrogens is 312 g/mol. The molecule has 2 N–H and O–H groups in total. The number of hydrogen-bond donors (Lipinski definition) is 2. The van der Waals surface area contributed by atoms with Crippen molar-refractivity contribution in [1.29, 1.82) is 0 Å². The Morgan fingerprint density at radius 2 is 1.12 bits per heavy atom. The summed E-state index contributed by atoms with van der Waals surface area (Å²) in [4.78, 5) is 30.3. The summed E-state index contributed by atoms with van der Waals surface area (Å²) < 4.78 is 5.21. The van der Waals surface area contributed by atoms with E-state index in [1.165, 1.54) is 33.1 Å². The van der Waals surface area contributed by atoms with Gasteiger partial charge in [0.2, 0.25) is 0 Å². The van der Waals surface area contributed by atoms with Crippen molar-refractivity contribution in [3.63, 3.8) is 0 Å². The second kappa shape index (κ2) is 13.1. The lowest BCUT2D eigenvalue weighted by Gasteiger charge is -2.21. The van der Waals surface area contributed by atoms with Gasteiger partial charge in [-0.2, -0.15) is 0 Å². The maximum atomic E-state index is 11.1. The molecule has 0 amide bonds. The molecule has 0 unspecified atom stereocenters. The predicted molar refractivity (Wildman–Crippen MR) is 92.7 cm³/mol. The van der Waals surface area contributed by atoms with Gasteiger partial charge in [0.25, 0.3) is 0 Å². The summed E-state index contributed by atoms with van der Waals surface area (Å²) in [5, 5.41) is 15.8. The monoisotopic (exact) mass is 340 g/mol. The summed E-state index contributed by atoms with van der Waals surface area (Å²) in [5.41, 5.74) is 0.852. The number of carbonyl (C=O) groups excluding carboxylic acids is 1. The van der Waals surface area contributed by atoms with Crippen molar-refractivity contribution < 1.29 is 29.3 Å². The molecule has 6 heteroatoms. The molecule has 0 aromatic rings. The molecule has 0 atom stereocenters. The topological polar surface area (TPSA) is 101 Å². The highest BCUT2D eigenvalue weighted by molar-refractivity contribution is 5.87. The van der Waals surface area contributed by atoms with E-state index in [0.717, 1.165) is 12.8 Å². The minimum atomic E-state index is -0.935. The van der Waals surface area contributed by atoms with Crippen LogP contribution >= 0.6 is 0 Å². The van der Waals surface area contributed by atoms with Crippen molar-refractivity contribution in [1.82, 2.24) is 0 Å². The molecule has 6 nitrogen and oxygen atoms in total. The largest absolute Gasteiger partial charge is 0.478 e. The van der Waals surface area contributed by atoms with Crippen molar-refractivity contribution >= 4 is 17.9 Å². The van der Waals surface area contributed by atoms with Crippen molar-refractivity contribution in [3.05, 3.63) is 36.5 Å². The van der Waals surface area contributed by atoms with Crippen LogP contribution in [0.25, 0.3) is 0 Å². The highest BCUT2D eigenvalue weighted by Gasteiger charge is 2.17. The van der Waals surface area contributed by atoms with E-state index in [-0.39, 0.29) is 23.2 Å². The smallest absolute Gasteiger partial charge is 0.333 e. The van der Waals surface area contributed by atoms with Gasteiger partial charge in [0.05, 0.1) is 0 Å². The van der Waals surface area contributed by atoms with Crippen LogP contribution in [-0.4, -0.2) is 34.2 Å². The molecule has 0 heterocycles. The van der Waals surface area contributed by atoms with Gasteiger partial charge in [0.1, 0.15) is 6.10 Å². The quantitative estimate of drug-likeness (QED) is 0.597. The maximum Gasteiger partial charge on any atom is 0.333 e. The Morgan fingerprint density at radius 1 is 0.792 bits per heavy atom. The van der Waals surface area contributed by atoms with Gasteiger partial charge in [-0.05, 0) is 46.5 Å². The third-order valence-corrected chi connectivity index (χ3v) is 2.90. The van der Waals surface area contributed by atoms with E-state index in [0.29, 0.717) is 5.57 Å². The fourth-order valence-corrected chi connectivity index (χ4v) is 1.43. The van der Waals surface area contributed by atoms with Crippen molar-refractivity contribution in [2.45, 2.75) is 59.0 Å². The van der Waals surface area contributed by atoms with E-state index < -0.39 is 11.9 Å². The zero-order valence-corrected chi connectivity index (χ0v) is 14.8. The minimum absolute atomic E-state index is 0.156. The molecule has 0 radical (unpaired) electrons. The SMILES string of the molecule is C=C(C)C(=O)O.C=C(C)C(=O)O.C=C(C)C(=O)OC1CCCCC1. The molecular formula is C18H28O6. The van der Waals surface area contributed by atoms with Gasteiger partial charge in [0, 0.05) is 16.7 Å². The lowest BCUT2D eigenvalue weighted by atomic mass is 9.98. The molecule has 1 fully saturated rings. The van der Waals surface area contributed by atoms with Crippen LogP contribution in [0.3, 0.4) is 0 Å². The average molecular weight is 340 g/mol. The first kappa shape index (κ1) is 23.9. The molecule has 0 aromatic heterocycles. The Morgan fingerprint density at radius 3 is 1.38 bits per heavy atom. The Labute approximate surface area is 143 Å². The summed E-state index contributed by atoms with van der Waals surface area (Å²) in [7, 11) is 0. The lowest BCUT2D eigenvalue weighted by molar-refractivity contribution is -0.145. The fourth-order valence-electron chi connectivity index (χ4n) is 1.43. The number of carboxylic acids is 2. The van der Waals surface area contributed by atoms with Gasteiger partial charge in [0.15, 0.2) is 0 Å². The second-order valence-electron chi connectivity index (χ2n) is 5.62. The summed E-state index contributed by atoms with van der Waals surface area (Å²) in [6, 6.07) is 0. The Kier molecular flexibility index (Phi) is 13.0. The van der Waals surface area contributed by atoms with Gasteiger partial charge in [-0.1, -0.05) is 26.2 Å². The molecule has 1 rings (SSSR count). The predicted octanol–water partition coefficient (Wildman–Crippen LogP) is 3.73. The third kappa shape index (κ3) is 14.6. The number of esters is 1. The number of aliphatic carboxylic acids is 2. The number of rotatable bonds is 4. The van der Waals surface area contributed by atoms with Gasteiger partial charge >= 0.3 is 17.9 Å². The summed E-state index contributed by atoms with van der Waals surface area (Å²) in [5.74, 6) is -2.10. The number of ether oxygens (including phenoxy) is 1. The highest BCUT2D eigenvalue weighted by atomic mass is 16.5. The zero-order chi connectivity index (χ0) is 19.3. The van der Waals surface area contributed by atoms with Gasteiger partial charge in [-0.25, -0.2) is 14.4 Å². The average Bonchev–Trinajstić information content (AvgIpc) is 2.49. The molecule has 136 valence electrons. The van der Waals surface area contributed by atoms with Gasteiger partial charge in [-0.3, -0.25) is 0 Å². The first-order valence-corrected chi connectivity index (χ1v) is 7.63. The molecule has 0 bridgehead atoms. The highest BCUT2D eigenvalue weighted by Crippen LogP contribution is 2.20. The zero-order valence-electron chi connectivity index (χ0n) is 14.8. The maximum absolute atomic E-state index is 11.1. The van der Waals surface area contributed by atoms with Crippen LogP contribution in [0.15, 0.2) is 36.5 Å². The molecule has 0 aromatic carbocycles. The van der Waals surface area contributed by atoms with E-state index in [2.05, 4.69) is 19.7 Å². The fraction of sp³-hybridized carbons (Fsp3) is 0.500. The van der Waals surface area contributed by atoms with E-state index in [1.807, 2.05) is 0 Å². The first-order valence-electron chi connectivity index (χ1n) is 7.63. The third-order valence-electron chi connectivity index (χ3n) is 2.90. The minimum Gasteiger partial charge on any atom is -0.478 e. The number of carbonyl (C=O) groups is 3. The van der Waals surface area contributed by atoms with E-state index in [9.17, 15) is 14.4 Å². The van der Waals surface area contributed by atoms with Crippen LogP contribution in [-0.2, 0) is 19.1 Å². The van der Waals surface area contributed by atoms with Crippen LogP contribution in [0.1, 0.15) is 52.9 Å². The number of carboxylic acid groups (broad SMARTS) is 2. The Balaban J connectivity index is 0. The lowest BCUT2D eigenvalue weighted by Crippen LogP contribution is -2.20. The van der Waals surface area contributed by atoms with Crippen LogP contribution in [0.5, 0.6) is 0 Å². The normalized spacial score (nSPS) is 13.1. The van der Waals surface area contributed by atoms with Gasteiger partial charge < -0.3 is 14.9 Å². The molecule has 24 heavy (non-hydrogen) atoms. The summed E-state index contributed by atoms with van der Waals surface area (Å²) >= 11 is 0. The molecule has 1 aliphatic rings. The van der Waals surface area contributed by atoms with E-state index in [1.54, 1.807) is 6.92 Å². The molecule has 1 aliphatic carbocycles. The standard InChI is InChI=1S/C10H16O2.2C4H6O2/c1-8(2)10(11)12-9-6-4-3-5-7-9;2*1-3(2)4(5)6/h9H,1,3-7H2,2H3;2*1H2,2H3,(H,5,6). The van der Waals surface area contributed by atoms with Crippen LogP contribution in [0, 0.1) is 0 Å². The Bertz CT molecular complexity index is 436. The molecule has 0 spiro atoms. The molecule has 0 saturated heterocycles. The van der Waals surface area contributed by atoms with Crippen LogP contribution in [0.4, 0.5) is 0 Å². The van der Waals surface area contributed by atoms with Gasteiger partial charge in [-0.15, -0.1) is 0 Å². The second-order valence-corrected chi connectivity index (χ2v) is 5.62. The first-order chi connectivity index (χ1) is 11.0. The number of hydrogen-bond acceptors (Lipinski definition) is 4. The van der Waals surface area contributed by atoms with Crippen LogP contribution in [0.2, 0.25) is 0 Å². The van der Waals surface area contributed by atoms with Crippen molar-refractivity contribution in [2.24, 2.45) is 0 Å².